The molecule has 0 aliphatic rings. The van der Waals surface area contributed by atoms with Crippen molar-refractivity contribution in [1.82, 2.24) is 4.98 Å². The summed E-state index contributed by atoms with van der Waals surface area (Å²) in [6.45, 7) is 3.60. The molecule has 0 amide bonds. The molecule has 0 saturated carbocycles. The number of carboxylic acid groups (broad SMARTS) is 1. The lowest BCUT2D eigenvalue weighted by molar-refractivity contribution is 0.0689. The SMILES string of the molecule is CCOc1ccc(-c2nc(C(=O)O)c(C)o2)cc1F. The molecule has 1 heterocycles. The van der Waals surface area contributed by atoms with Gasteiger partial charge in [-0.3, -0.25) is 0 Å². The Hall–Kier alpha value is -2.37. The van der Waals surface area contributed by atoms with Crippen molar-refractivity contribution in [2.24, 2.45) is 0 Å². The first kappa shape index (κ1) is 13.1. The van der Waals surface area contributed by atoms with E-state index in [0.29, 0.717) is 12.2 Å². The van der Waals surface area contributed by atoms with Gasteiger partial charge in [0.2, 0.25) is 5.89 Å². The Morgan fingerprint density at radius 2 is 2.26 bits per heavy atom. The van der Waals surface area contributed by atoms with Crippen LogP contribution >= 0.6 is 0 Å². The van der Waals surface area contributed by atoms with E-state index in [2.05, 4.69) is 4.98 Å². The summed E-state index contributed by atoms with van der Waals surface area (Å²) < 4.78 is 24.0. The van der Waals surface area contributed by atoms with Crippen molar-refractivity contribution in [3.05, 3.63) is 35.5 Å². The van der Waals surface area contributed by atoms with Gasteiger partial charge in [0.1, 0.15) is 5.76 Å². The Kier molecular flexibility index (Phi) is 3.50. The molecule has 6 heteroatoms. The highest BCUT2D eigenvalue weighted by Gasteiger charge is 2.18. The number of halogens is 1. The van der Waals surface area contributed by atoms with Gasteiger partial charge in [-0.05, 0) is 32.0 Å². The summed E-state index contributed by atoms with van der Waals surface area (Å²) >= 11 is 0. The van der Waals surface area contributed by atoms with Crippen molar-refractivity contribution >= 4 is 5.97 Å². The number of ether oxygens (including phenoxy) is 1. The second-order valence-corrected chi connectivity index (χ2v) is 3.81. The van der Waals surface area contributed by atoms with Crippen LogP contribution in [0.1, 0.15) is 23.2 Å². The summed E-state index contributed by atoms with van der Waals surface area (Å²) in [5.74, 6) is -1.35. The minimum Gasteiger partial charge on any atom is -0.491 e. The average molecular weight is 265 g/mol. The first-order valence-electron chi connectivity index (χ1n) is 5.66. The number of hydrogen-bond acceptors (Lipinski definition) is 4. The Bertz CT molecular complexity index is 621. The molecule has 2 aromatic rings. The van der Waals surface area contributed by atoms with E-state index >= 15 is 0 Å². The third-order valence-electron chi connectivity index (χ3n) is 2.48. The van der Waals surface area contributed by atoms with Gasteiger partial charge in [-0.2, -0.15) is 0 Å². The van der Waals surface area contributed by atoms with Crippen LogP contribution in [0.25, 0.3) is 11.5 Å². The van der Waals surface area contributed by atoms with E-state index in [-0.39, 0.29) is 23.1 Å². The van der Waals surface area contributed by atoms with Crippen molar-refractivity contribution in [2.75, 3.05) is 6.61 Å². The lowest BCUT2D eigenvalue weighted by Gasteiger charge is -2.04. The fraction of sp³-hybridized carbons (Fsp3) is 0.231. The van der Waals surface area contributed by atoms with E-state index < -0.39 is 11.8 Å². The molecule has 0 saturated heterocycles. The molecule has 0 aliphatic carbocycles. The summed E-state index contributed by atoms with van der Waals surface area (Å²) in [6.07, 6.45) is 0. The third-order valence-corrected chi connectivity index (χ3v) is 2.48. The standard InChI is InChI=1S/C13H12FNO4/c1-3-18-10-5-4-8(6-9(10)14)12-15-11(13(16)17)7(2)19-12/h4-6H,3H2,1-2H3,(H,16,17). The minimum absolute atomic E-state index is 0.0665. The molecule has 0 fully saturated rings. The molecular formula is C13H12FNO4. The summed E-state index contributed by atoms with van der Waals surface area (Å²) in [4.78, 5) is 14.7. The normalized spacial score (nSPS) is 10.5. The number of aromatic nitrogens is 1. The molecule has 0 bridgehead atoms. The van der Waals surface area contributed by atoms with Gasteiger partial charge in [0.15, 0.2) is 17.3 Å². The zero-order valence-electron chi connectivity index (χ0n) is 10.4. The summed E-state index contributed by atoms with van der Waals surface area (Å²) in [5.41, 5.74) is 0.181. The predicted octanol–water partition coefficient (Wildman–Crippen LogP) is 2.89. The van der Waals surface area contributed by atoms with E-state index in [4.69, 9.17) is 14.3 Å². The van der Waals surface area contributed by atoms with Crippen molar-refractivity contribution in [2.45, 2.75) is 13.8 Å². The highest BCUT2D eigenvalue weighted by Crippen LogP contribution is 2.26. The molecule has 0 radical (unpaired) electrons. The smallest absolute Gasteiger partial charge is 0.358 e. The Balaban J connectivity index is 2.39. The molecule has 0 spiro atoms. The van der Waals surface area contributed by atoms with E-state index in [0.717, 1.165) is 0 Å². The van der Waals surface area contributed by atoms with Crippen LogP contribution in [-0.2, 0) is 0 Å². The maximum absolute atomic E-state index is 13.7. The van der Waals surface area contributed by atoms with E-state index in [1.54, 1.807) is 13.0 Å². The van der Waals surface area contributed by atoms with E-state index in [1.807, 2.05) is 0 Å². The number of hydrogen-bond donors (Lipinski definition) is 1. The van der Waals surface area contributed by atoms with Gasteiger partial charge >= 0.3 is 5.97 Å². The second-order valence-electron chi connectivity index (χ2n) is 3.81. The van der Waals surface area contributed by atoms with Gasteiger partial charge in [-0.1, -0.05) is 0 Å². The van der Waals surface area contributed by atoms with Gasteiger partial charge in [0.25, 0.3) is 0 Å². The second kappa shape index (κ2) is 5.09. The van der Waals surface area contributed by atoms with Gasteiger partial charge in [-0.15, -0.1) is 0 Å². The largest absolute Gasteiger partial charge is 0.491 e. The molecule has 0 atom stereocenters. The molecule has 100 valence electrons. The molecule has 0 unspecified atom stereocenters. The van der Waals surface area contributed by atoms with Crippen LogP contribution < -0.4 is 4.74 Å². The van der Waals surface area contributed by atoms with E-state index in [9.17, 15) is 9.18 Å². The van der Waals surface area contributed by atoms with Crippen LogP contribution in [0.4, 0.5) is 4.39 Å². The van der Waals surface area contributed by atoms with Crippen molar-refractivity contribution in [3.8, 4) is 17.2 Å². The molecule has 2 rings (SSSR count). The highest BCUT2D eigenvalue weighted by atomic mass is 19.1. The molecule has 19 heavy (non-hydrogen) atoms. The maximum Gasteiger partial charge on any atom is 0.358 e. The van der Waals surface area contributed by atoms with Crippen molar-refractivity contribution < 1.29 is 23.4 Å². The highest BCUT2D eigenvalue weighted by molar-refractivity contribution is 5.87. The quantitative estimate of drug-likeness (QED) is 0.920. The Morgan fingerprint density at radius 1 is 1.53 bits per heavy atom. The van der Waals surface area contributed by atoms with Crippen LogP contribution in [0.2, 0.25) is 0 Å². The van der Waals surface area contributed by atoms with Gasteiger partial charge in [0, 0.05) is 5.56 Å². The number of benzene rings is 1. The molecule has 1 aromatic heterocycles. The third kappa shape index (κ3) is 2.57. The van der Waals surface area contributed by atoms with Crippen LogP contribution in [0, 0.1) is 12.7 Å². The fourth-order valence-corrected chi connectivity index (χ4v) is 1.62. The number of oxazole rings is 1. The monoisotopic (exact) mass is 265 g/mol. The number of carbonyl (C=O) groups is 1. The van der Waals surface area contributed by atoms with Crippen LogP contribution in [0.15, 0.2) is 22.6 Å². The number of rotatable bonds is 4. The Morgan fingerprint density at radius 3 is 2.79 bits per heavy atom. The lowest BCUT2D eigenvalue weighted by atomic mass is 10.2. The molecule has 5 nitrogen and oxygen atoms in total. The fourth-order valence-electron chi connectivity index (χ4n) is 1.62. The predicted molar refractivity (Wildman–Crippen MR) is 64.8 cm³/mol. The molecule has 1 N–H and O–H groups in total. The van der Waals surface area contributed by atoms with Gasteiger partial charge in [0.05, 0.1) is 6.61 Å². The van der Waals surface area contributed by atoms with E-state index in [1.165, 1.54) is 19.1 Å². The first-order valence-corrected chi connectivity index (χ1v) is 5.66. The van der Waals surface area contributed by atoms with Crippen LogP contribution in [-0.4, -0.2) is 22.7 Å². The van der Waals surface area contributed by atoms with Crippen molar-refractivity contribution in [3.63, 3.8) is 0 Å². The molecule has 1 aromatic carbocycles. The van der Waals surface area contributed by atoms with Crippen LogP contribution in [0.5, 0.6) is 5.75 Å². The number of carboxylic acids is 1. The minimum atomic E-state index is -1.18. The first-order chi connectivity index (χ1) is 9.02. The lowest BCUT2D eigenvalue weighted by Crippen LogP contribution is -1.98. The van der Waals surface area contributed by atoms with Gasteiger partial charge in [-0.25, -0.2) is 14.2 Å². The maximum atomic E-state index is 13.7. The van der Waals surface area contributed by atoms with Crippen LogP contribution in [0.3, 0.4) is 0 Å². The summed E-state index contributed by atoms with van der Waals surface area (Å²) in [5, 5.41) is 8.88. The van der Waals surface area contributed by atoms with Crippen molar-refractivity contribution in [1.29, 1.82) is 0 Å². The topological polar surface area (TPSA) is 72.6 Å². The number of aromatic carboxylic acids is 1. The molecular weight excluding hydrogens is 253 g/mol. The Labute approximate surface area is 108 Å². The summed E-state index contributed by atoms with van der Waals surface area (Å²) in [7, 11) is 0. The molecule has 0 aliphatic heterocycles. The zero-order valence-corrected chi connectivity index (χ0v) is 10.4. The number of nitrogens with zero attached hydrogens (tertiary/aromatic N) is 1. The zero-order chi connectivity index (χ0) is 14.0. The van der Waals surface area contributed by atoms with Gasteiger partial charge < -0.3 is 14.3 Å². The average Bonchev–Trinajstić information content (AvgIpc) is 2.74. The summed E-state index contributed by atoms with van der Waals surface area (Å²) in [6, 6.07) is 4.21. The number of aryl methyl sites for hydroxylation is 1.